The number of carbonyl (C=O) groups is 3. The fourth-order valence-electron chi connectivity index (χ4n) is 7.40. The van der Waals surface area contributed by atoms with Gasteiger partial charge in [0.15, 0.2) is 11.4 Å². The van der Waals surface area contributed by atoms with E-state index in [4.69, 9.17) is 18.9 Å². The Balaban J connectivity index is 0.000000301. The second kappa shape index (κ2) is 21.6. The fraction of sp³-hybridized carbons (Fsp3) is 0.562. The van der Waals surface area contributed by atoms with Crippen molar-refractivity contribution in [2.45, 2.75) is 138 Å². The van der Waals surface area contributed by atoms with E-state index in [0.717, 1.165) is 29.8 Å². The van der Waals surface area contributed by atoms with Crippen LogP contribution in [0.2, 0.25) is 0 Å². The van der Waals surface area contributed by atoms with Crippen LogP contribution in [-0.2, 0) is 70.6 Å². The predicted octanol–water partition coefficient (Wildman–Crippen LogP) is 10.1. The summed E-state index contributed by atoms with van der Waals surface area (Å²) in [7, 11) is 0. The van der Waals surface area contributed by atoms with E-state index >= 15 is 0 Å². The van der Waals surface area contributed by atoms with Crippen molar-refractivity contribution in [3.05, 3.63) is 82.4 Å². The number of alkyl halides is 6. The van der Waals surface area contributed by atoms with Crippen LogP contribution < -0.4 is 19.7 Å². The maximum absolute atomic E-state index is 13.6. The number of hydrogen-bond donors (Lipinski definition) is 1. The third-order valence-electron chi connectivity index (χ3n) is 10.1. The van der Waals surface area contributed by atoms with E-state index in [1.54, 1.807) is 65.8 Å². The van der Waals surface area contributed by atoms with Gasteiger partial charge in [-0.05, 0) is 114 Å². The van der Waals surface area contributed by atoms with Gasteiger partial charge in [0.2, 0.25) is 5.91 Å². The Morgan fingerprint density at radius 2 is 1.24 bits per heavy atom. The molecule has 0 bridgehead atoms. The number of hydrogen-bond acceptors (Lipinski definition) is 10. The van der Waals surface area contributed by atoms with Gasteiger partial charge in [-0.1, -0.05) is 27.7 Å². The van der Waals surface area contributed by atoms with Crippen LogP contribution in [0.1, 0.15) is 109 Å². The molecular weight excluding hydrogens is 901 g/mol. The highest BCUT2D eigenvalue weighted by molar-refractivity contribution is 5.98. The number of carbonyl (C=O) groups excluding carboxylic acids is 3. The van der Waals surface area contributed by atoms with Crippen LogP contribution >= 0.6 is 0 Å². The third kappa shape index (κ3) is 15.5. The Morgan fingerprint density at radius 1 is 0.721 bits per heavy atom. The molecule has 68 heavy (non-hydrogen) atoms. The van der Waals surface area contributed by atoms with E-state index in [0.29, 0.717) is 43.2 Å². The number of benzene rings is 2. The van der Waals surface area contributed by atoms with Gasteiger partial charge in [-0.2, -0.15) is 36.5 Å². The monoisotopic (exact) mass is 963 g/mol. The van der Waals surface area contributed by atoms with Crippen LogP contribution in [0.15, 0.2) is 48.8 Å². The first-order valence-electron chi connectivity index (χ1n) is 22.6. The molecule has 374 valence electrons. The number of rotatable bonds is 15. The molecule has 0 aliphatic carbocycles. The Labute approximate surface area is 393 Å². The summed E-state index contributed by atoms with van der Waals surface area (Å²) in [6.07, 6.45) is -5.77. The molecule has 0 unspecified atom stereocenters. The fourth-order valence-corrected chi connectivity index (χ4v) is 7.40. The van der Waals surface area contributed by atoms with E-state index in [1.807, 2.05) is 39.8 Å². The number of anilines is 2. The van der Waals surface area contributed by atoms with Gasteiger partial charge in [0.25, 0.3) is 0 Å². The van der Waals surface area contributed by atoms with E-state index < -0.39 is 47.0 Å². The zero-order valence-electron chi connectivity index (χ0n) is 40.4. The van der Waals surface area contributed by atoms with E-state index in [-0.39, 0.29) is 61.6 Å². The highest BCUT2D eigenvalue weighted by atomic mass is 19.4. The minimum Gasteiger partial charge on any atom is -0.489 e. The first-order chi connectivity index (χ1) is 31.5. The number of nitrogens with one attached hydrogen (secondary N) is 1. The number of amides is 2. The molecule has 0 fully saturated rings. The molecule has 0 spiro atoms. The quantitative estimate of drug-likeness (QED) is 0.0904. The second-order valence-corrected chi connectivity index (χ2v) is 19.6. The summed E-state index contributed by atoms with van der Waals surface area (Å²) in [5.41, 5.74) is 0.215. The number of esters is 1. The largest absolute Gasteiger partial charge is 0.489 e. The van der Waals surface area contributed by atoms with Crippen molar-refractivity contribution in [3.8, 4) is 11.5 Å². The number of ether oxygens (including phenoxy) is 4. The Hall–Kier alpha value is -5.95. The topological polar surface area (TPSA) is 142 Å². The van der Waals surface area contributed by atoms with Gasteiger partial charge in [-0.25, -0.2) is 4.79 Å². The molecule has 2 aromatic carbocycles. The zero-order valence-corrected chi connectivity index (χ0v) is 40.4. The van der Waals surface area contributed by atoms with Gasteiger partial charge in [0.05, 0.1) is 6.42 Å². The van der Waals surface area contributed by atoms with Gasteiger partial charge in [-0.15, -0.1) is 0 Å². The smallest absolute Gasteiger partial charge is 0.435 e. The molecule has 0 saturated heterocycles. The molecule has 4 heterocycles. The number of aromatic nitrogens is 4. The molecule has 4 aromatic rings. The summed E-state index contributed by atoms with van der Waals surface area (Å²) in [4.78, 5) is 41.3. The average Bonchev–Trinajstić information content (AvgIpc) is 4.01. The van der Waals surface area contributed by atoms with Gasteiger partial charge >= 0.3 is 24.4 Å². The van der Waals surface area contributed by atoms with Crippen molar-refractivity contribution in [3.63, 3.8) is 0 Å². The highest BCUT2D eigenvalue weighted by Crippen LogP contribution is 2.35. The van der Waals surface area contributed by atoms with Gasteiger partial charge in [-0.3, -0.25) is 23.9 Å². The maximum Gasteiger partial charge on any atom is 0.435 e. The molecule has 2 aromatic heterocycles. The minimum atomic E-state index is -4.61. The number of fused-ring (bicyclic) bond motifs is 2. The molecule has 2 aliphatic rings. The Bertz CT molecular complexity index is 2380. The molecule has 2 amide bonds. The third-order valence-corrected chi connectivity index (χ3v) is 10.1. The van der Waals surface area contributed by atoms with E-state index in [9.17, 15) is 40.7 Å². The number of halogens is 6. The van der Waals surface area contributed by atoms with Crippen LogP contribution in [0.5, 0.6) is 11.5 Å². The Kier molecular flexibility index (Phi) is 16.8. The van der Waals surface area contributed by atoms with Gasteiger partial charge < -0.3 is 29.2 Å². The lowest BCUT2D eigenvalue weighted by atomic mass is 10.1. The van der Waals surface area contributed by atoms with Crippen molar-refractivity contribution in [1.29, 1.82) is 0 Å². The van der Waals surface area contributed by atoms with Crippen LogP contribution in [-0.4, -0.2) is 79.8 Å². The standard InChI is InChI=1S/C31H43F3N4O6.C17H20F3N3O/c1-20(2)16-37-17-22(27(35-37)31(32,33)34)19-42-23-9-10-24-21(15-23)11-14-38(24)25(39)18-36(28(41)44-30(6,7)8)13-12-26(40)43-29(3,4)5;1-11(2)8-23-9-13(16(22-23)17(18,19)20)10-24-14-3-4-15-12(7-14)5-6-21-15/h9-10,15,17,20H,11-14,16,18-19H2,1-8H3;3-4,7,9,11,21H,5-6,8,10H2,1-2H3. The minimum absolute atomic E-state index is 0.0572. The summed E-state index contributed by atoms with van der Waals surface area (Å²) < 4.78 is 105. The molecule has 6 rings (SSSR count). The van der Waals surface area contributed by atoms with Gasteiger partial charge in [0, 0.05) is 67.6 Å². The first kappa shape index (κ1) is 53.0. The van der Waals surface area contributed by atoms with Crippen LogP contribution in [0.25, 0.3) is 0 Å². The normalized spacial score (nSPS) is 13.7. The zero-order chi connectivity index (χ0) is 50.4. The molecule has 0 saturated carbocycles. The average molecular weight is 964 g/mol. The molecule has 1 N–H and O–H groups in total. The van der Waals surface area contributed by atoms with Gasteiger partial charge in [0.1, 0.15) is 42.5 Å². The summed E-state index contributed by atoms with van der Waals surface area (Å²) in [6, 6.07) is 10.5. The number of nitrogens with zero attached hydrogens (tertiary/aromatic N) is 6. The maximum atomic E-state index is 13.6. The van der Waals surface area contributed by atoms with E-state index in [2.05, 4.69) is 15.5 Å². The molecule has 2 aliphatic heterocycles. The molecule has 14 nitrogen and oxygen atoms in total. The van der Waals surface area contributed by atoms with Crippen LogP contribution in [0, 0.1) is 11.8 Å². The van der Waals surface area contributed by atoms with Crippen molar-refractivity contribution >= 4 is 29.3 Å². The van der Waals surface area contributed by atoms with Crippen molar-refractivity contribution in [1.82, 2.24) is 24.5 Å². The molecule has 0 radical (unpaired) electrons. The highest BCUT2D eigenvalue weighted by Gasteiger charge is 2.39. The summed E-state index contributed by atoms with van der Waals surface area (Å²) in [6.45, 7) is 19.1. The lowest BCUT2D eigenvalue weighted by Gasteiger charge is -2.29. The molecule has 0 atom stereocenters. The lowest BCUT2D eigenvalue weighted by molar-refractivity contribution is -0.155. The van der Waals surface area contributed by atoms with Crippen molar-refractivity contribution in [2.24, 2.45) is 11.8 Å². The van der Waals surface area contributed by atoms with E-state index in [1.165, 1.54) is 31.6 Å². The predicted molar refractivity (Wildman–Crippen MR) is 242 cm³/mol. The lowest BCUT2D eigenvalue weighted by Crippen LogP contribution is -2.45. The molecule has 20 heteroatoms. The molecular formula is C48H63F6N7O7. The van der Waals surface area contributed by atoms with Crippen molar-refractivity contribution < 1.29 is 59.7 Å². The van der Waals surface area contributed by atoms with Crippen LogP contribution in [0.4, 0.5) is 42.5 Å². The summed E-state index contributed by atoms with van der Waals surface area (Å²) >= 11 is 0. The Morgan fingerprint density at radius 3 is 1.74 bits per heavy atom. The summed E-state index contributed by atoms with van der Waals surface area (Å²) in [5.74, 6) is 0.377. The second-order valence-electron chi connectivity index (χ2n) is 19.6. The van der Waals surface area contributed by atoms with Crippen molar-refractivity contribution in [2.75, 3.05) is 36.4 Å². The SMILES string of the molecule is CC(C)Cn1cc(COc2ccc3c(c2)CCN3)c(C(F)(F)F)n1.CC(C)Cn1cc(COc2ccc3c(c2)CCN3C(=O)CN(CCC(=O)OC(C)(C)C)C(=O)OC(C)(C)C)c(C(F)(F)F)n1. The first-order valence-corrected chi connectivity index (χ1v) is 22.6. The van der Waals surface area contributed by atoms with Crippen LogP contribution in [0.3, 0.4) is 0 Å². The summed E-state index contributed by atoms with van der Waals surface area (Å²) in [5, 5.41) is 10.6.